The molecule has 0 spiro atoms. The van der Waals surface area contributed by atoms with Gasteiger partial charge in [-0.1, -0.05) is 24.3 Å². The summed E-state index contributed by atoms with van der Waals surface area (Å²) in [7, 11) is 1.61. The second-order valence-electron chi connectivity index (χ2n) is 6.51. The van der Waals surface area contributed by atoms with Crippen molar-refractivity contribution in [3.05, 3.63) is 83.8 Å². The number of anilines is 1. The van der Waals surface area contributed by atoms with Crippen LogP contribution in [0.3, 0.4) is 0 Å². The van der Waals surface area contributed by atoms with E-state index in [1.54, 1.807) is 13.3 Å². The maximum absolute atomic E-state index is 12.9. The molecule has 0 unspecified atom stereocenters. The van der Waals surface area contributed by atoms with Gasteiger partial charge in [0.15, 0.2) is 0 Å². The molecule has 0 bridgehead atoms. The van der Waals surface area contributed by atoms with Crippen LogP contribution in [0.25, 0.3) is 10.9 Å². The first kappa shape index (κ1) is 17.7. The summed E-state index contributed by atoms with van der Waals surface area (Å²) in [5.74, 6) is 0.504. The number of nitrogens with zero attached hydrogens (tertiary/aromatic N) is 3. The van der Waals surface area contributed by atoms with Crippen LogP contribution in [0, 0.1) is 6.92 Å². The molecule has 0 aliphatic carbocycles. The minimum Gasteiger partial charge on any atom is -0.494 e. The number of carbonyl (C=O) groups is 1. The van der Waals surface area contributed by atoms with E-state index in [1.165, 1.54) is 0 Å². The Labute approximate surface area is 162 Å². The summed E-state index contributed by atoms with van der Waals surface area (Å²) < 4.78 is 7.20. The van der Waals surface area contributed by atoms with Crippen LogP contribution in [0.4, 0.5) is 5.69 Å². The average Bonchev–Trinajstić information content (AvgIpc) is 3.20. The first-order valence-corrected chi connectivity index (χ1v) is 8.96. The molecule has 0 saturated carbocycles. The van der Waals surface area contributed by atoms with Gasteiger partial charge in [-0.3, -0.25) is 9.48 Å². The van der Waals surface area contributed by atoms with Crippen LogP contribution in [-0.2, 0) is 6.54 Å². The lowest BCUT2D eigenvalue weighted by molar-refractivity contribution is 0.102. The van der Waals surface area contributed by atoms with Gasteiger partial charge in [-0.05, 0) is 42.8 Å². The van der Waals surface area contributed by atoms with Crippen molar-refractivity contribution in [2.24, 2.45) is 0 Å². The van der Waals surface area contributed by atoms with E-state index in [2.05, 4.69) is 15.4 Å². The fourth-order valence-electron chi connectivity index (χ4n) is 3.18. The van der Waals surface area contributed by atoms with Crippen LogP contribution in [0.5, 0.6) is 5.75 Å². The Kier molecular flexibility index (Phi) is 4.76. The minimum atomic E-state index is -0.189. The molecule has 2 heterocycles. The molecule has 0 radical (unpaired) electrons. The summed E-state index contributed by atoms with van der Waals surface area (Å²) in [6.07, 6.45) is 3.65. The third-order valence-electron chi connectivity index (χ3n) is 4.55. The van der Waals surface area contributed by atoms with Gasteiger partial charge >= 0.3 is 0 Å². The number of ether oxygens (including phenoxy) is 1. The van der Waals surface area contributed by atoms with Crippen LogP contribution in [0.2, 0.25) is 0 Å². The zero-order valence-electron chi connectivity index (χ0n) is 15.7. The normalized spacial score (nSPS) is 10.8. The third kappa shape index (κ3) is 3.57. The fraction of sp³-hybridized carbons (Fsp3) is 0.136. The summed E-state index contributed by atoms with van der Waals surface area (Å²) in [6.45, 7) is 2.47. The Hall–Kier alpha value is -3.67. The van der Waals surface area contributed by atoms with Gasteiger partial charge in [0, 0.05) is 23.5 Å². The number of aromatic nitrogens is 3. The molecule has 6 nitrogen and oxygen atoms in total. The number of para-hydroxylation sites is 1. The molecule has 4 rings (SSSR count). The molecule has 0 fully saturated rings. The molecule has 28 heavy (non-hydrogen) atoms. The summed E-state index contributed by atoms with van der Waals surface area (Å²) in [4.78, 5) is 17.4. The number of nitrogens with one attached hydrogen (secondary N) is 1. The van der Waals surface area contributed by atoms with E-state index in [9.17, 15) is 4.79 Å². The number of fused-ring (bicyclic) bond motifs is 1. The number of benzene rings is 2. The van der Waals surface area contributed by atoms with Crippen molar-refractivity contribution in [3.8, 4) is 5.75 Å². The van der Waals surface area contributed by atoms with Crippen LogP contribution in [0.1, 0.15) is 21.6 Å². The van der Waals surface area contributed by atoms with Crippen molar-refractivity contribution in [1.29, 1.82) is 0 Å². The molecule has 0 aliphatic rings. The number of rotatable bonds is 5. The highest BCUT2D eigenvalue weighted by Gasteiger charge is 2.14. The quantitative estimate of drug-likeness (QED) is 0.574. The van der Waals surface area contributed by atoms with Crippen LogP contribution in [0.15, 0.2) is 67.0 Å². The van der Waals surface area contributed by atoms with Crippen molar-refractivity contribution in [3.63, 3.8) is 0 Å². The molecule has 1 N–H and O–H groups in total. The molecule has 140 valence electrons. The summed E-state index contributed by atoms with van der Waals surface area (Å²) in [5, 5.41) is 8.05. The highest BCUT2D eigenvalue weighted by atomic mass is 16.5. The van der Waals surface area contributed by atoms with Gasteiger partial charge < -0.3 is 10.1 Å². The highest BCUT2D eigenvalue weighted by molar-refractivity contribution is 6.07. The molecule has 4 aromatic rings. The first-order chi connectivity index (χ1) is 13.6. The minimum absolute atomic E-state index is 0.189. The lowest BCUT2D eigenvalue weighted by Crippen LogP contribution is -2.14. The number of carbonyl (C=O) groups excluding carboxylic acids is 1. The molecule has 6 heteroatoms. The van der Waals surface area contributed by atoms with E-state index in [0.29, 0.717) is 23.6 Å². The SMILES string of the molecule is COc1cccc2cc(C(=O)Nc3cccc(Cn4cccn4)c3)c(C)nc12. The van der Waals surface area contributed by atoms with E-state index >= 15 is 0 Å². The standard InChI is InChI=1S/C22H20N4O2/c1-15-19(13-17-7-4-9-20(28-2)21(17)24-15)22(27)25-18-8-3-6-16(12-18)14-26-11-5-10-23-26/h3-13H,14H2,1-2H3,(H,25,27). The lowest BCUT2D eigenvalue weighted by atomic mass is 10.1. The van der Waals surface area contributed by atoms with Gasteiger partial charge in [-0.25, -0.2) is 4.98 Å². The molecular weight excluding hydrogens is 352 g/mol. The van der Waals surface area contributed by atoms with E-state index < -0.39 is 0 Å². The molecule has 0 aliphatic heterocycles. The second-order valence-corrected chi connectivity index (χ2v) is 6.51. The van der Waals surface area contributed by atoms with Crippen LogP contribution < -0.4 is 10.1 Å². The zero-order chi connectivity index (χ0) is 19.5. The Bertz CT molecular complexity index is 1140. The molecule has 0 saturated heterocycles. The highest BCUT2D eigenvalue weighted by Crippen LogP contribution is 2.26. The predicted octanol–water partition coefficient (Wildman–Crippen LogP) is 4.05. The van der Waals surface area contributed by atoms with Gasteiger partial charge in [0.05, 0.1) is 24.9 Å². The molecule has 1 amide bonds. The average molecular weight is 372 g/mol. The number of aryl methyl sites for hydroxylation is 1. The molecule has 2 aromatic carbocycles. The topological polar surface area (TPSA) is 69.0 Å². The van der Waals surface area contributed by atoms with E-state index in [4.69, 9.17) is 4.74 Å². The van der Waals surface area contributed by atoms with Gasteiger partial charge in [0.2, 0.25) is 0 Å². The molecule has 0 atom stereocenters. The smallest absolute Gasteiger partial charge is 0.257 e. The summed E-state index contributed by atoms with van der Waals surface area (Å²) in [5.41, 5.74) is 3.74. The van der Waals surface area contributed by atoms with Gasteiger partial charge in [0.25, 0.3) is 5.91 Å². The van der Waals surface area contributed by atoms with Crippen molar-refractivity contribution in [1.82, 2.24) is 14.8 Å². The van der Waals surface area contributed by atoms with Gasteiger partial charge in [-0.15, -0.1) is 0 Å². The van der Waals surface area contributed by atoms with Crippen LogP contribution in [-0.4, -0.2) is 27.8 Å². The number of pyridine rings is 1. The summed E-state index contributed by atoms with van der Waals surface area (Å²) in [6, 6.07) is 17.2. The number of hydrogen-bond acceptors (Lipinski definition) is 4. The molecule has 2 aromatic heterocycles. The second kappa shape index (κ2) is 7.52. The maximum Gasteiger partial charge on any atom is 0.257 e. The van der Waals surface area contributed by atoms with Crippen LogP contribution >= 0.6 is 0 Å². The van der Waals surface area contributed by atoms with E-state index in [1.807, 2.05) is 72.4 Å². The number of methoxy groups -OCH3 is 1. The Morgan fingerprint density at radius 1 is 1.14 bits per heavy atom. The van der Waals surface area contributed by atoms with E-state index in [0.717, 1.165) is 22.2 Å². The third-order valence-corrected chi connectivity index (χ3v) is 4.55. The van der Waals surface area contributed by atoms with E-state index in [-0.39, 0.29) is 5.91 Å². The van der Waals surface area contributed by atoms with Crippen molar-refractivity contribution in [2.45, 2.75) is 13.5 Å². The first-order valence-electron chi connectivity index (χ1n) is 8.96. The monoisotopic (exact) mass is 372 g/mol. The fourth-order valence-corrected chi connectivity index (χ4v) is 3.18. The largest absolute Gasteiger partial charge is 0.494 e. The van der Waals surface area contributed by atoms with Crippen molar-refractivity contribution in [2.75, 3.05) is 12.4 Å². The zero-order valence-corrected chi connectivity index (χ0v) is 15.7. The Morgan fingerprint density at radius 2 is 2.00 bits per heavy atom. The number of amides is 1. The number of hydrogen-bond donors (Lipinski definition) is 1. The predicted molar refractivity (Wildman–Crippen MR) is 109 cm³/mol. The summed E-state index contributed by atoms with van der Waals surface area (Å²) >= 11 is 0. The Balaban J connectivity index is 1.59. The lowest BCUT2D eigenvalue weighted by Gasteiger charge is -2.11. The van der Waals surface area contributed by atoms with Gasteiger partial charge in [0.1, 0.15) is 11.3 Å². The maximum atomic E-state index is 12.9. The van der Waals surface area contributed by atoms with Gasteiger partial charge in [-0.2, -0.15) is 5.10 Å². The molecular formula is C22H20N4O2. The Morgan fingerprint density at radius 3 is 2.79 bits per heavy atom. The van der Waals surface area contributed by atoms with Crippen molar-refractivity contribution < 1.29 is 9.53 Å². The van der Waals surface area contributed by atoms with Crippen molar-refractivity contribution >= 4 is 22.5 Å².